The lowest BCUT2D eigenvalue weighted by molar-refractivity contribution is -0.385. The minimum absolute atomic E-state index is 0.00699. The maximum Gasteiger partial charge on any atom is 0.271 e. The molecule has 5 rings (SSSR count). The van der Waals surface area contributed by atoms with Crippen molar-refractivity contribution in [2.45, 2.75) is 12.1 Å². The van der Waals surface area contributed by atoms with E-state index in [-0.39, 0.29) is 28.5 Å². The molecular formula is C23H16N4O8. The molecule has 2 aliphatic rings. The van der Waals surface area contributed by atoms with Crippen LogP contribution < -0.4 is 9.96 Å². The standard InChI is InChI=1S/C23H16N4O8/c28-18-10-4-13(5-11-18)20-19-21(35-25(20)16-2-1-3-17(12-16)27(33)34)23(30)24(22(19)29)14-6-8-15(9-7-14)26(31)32/h1-12,19-21,28H/t19-,20+,21+/m0/s1. The molecule has 0 radical (unpaired) electrons. The van der Waals surface area contributed by atoms with E-state index in [1.807, 2.05) is 0 Å². The number of fused-ring (bicyclic) bond motifs is 1. The number of carbonyl (C=O) groups is 2. The number of anilines is 2. The number of hydrogen-bond acceptors (Lipinski definition) is 9. The van der Waals surface area contributed by atoms with E-state index in [1.54, 1.807) is 18.2 Å². The number of non-ortho nitro benzene ring substituents is 2. The second-order valence-corrected chi connectivity index (χ2v) is 7.98. The maximum absolute atomic E-state index is 13.5. The number of aromatic hydroxyl groups is 1. The summed E-state index contributed by atoms with van der Waals surface area (Å²) < 4.78 is 0. The summed E-state index contributed by atoms with van der Waals surface area (Å²) in [6, 6.07) is 15.7. The lowest BCUT2D eigenvalue weighted by Crippen LogP contribution is -2.37. The number of imide groups is 1. The van der Waals surface area contributed by atoms with Gasteiger partial charge in [-0.05, 0) is 35.9 Å². The van der Waals surface area contributed by atoms with Crippen LogP contribution in [0.2, 0.25) is 0 Å². The second kappa shape index (κ2) is 8.18. The van der Waals surface area contributed by atoms with Crippen LogP contribution in [-0.2, 0) is 14.4 Å². The number of rotatable bonds is 5. The van der Waals surface area contributed by atoms with Crippen molar-refractivity contribution in [2.75, 3.05) is 9.96 Å². The lowest BCUT2D eigenvalue weighted by Gasteiger charge is -2.28. The van der Waals surface area contributed by atoms with Crippen LogP contribution in [0, 0.1) is 26.1 Å². The van der Waals surface area contributed by atoms with Crippen LogP contribution >= 0.6 is 0 Å². The molecule has 12 heteroatoms. The topological polar surface area (TPSA) is 156 Å². The molecule has 0 aliphatic carbocycles. The van der Waals surface area contributed by atoms with Gasteiger partial charge >= 0.3 is 0 Å². The van der Waals surface area contributed by atoms with Crippen LogP contribution in [0.1, 0.15) is 11.6 Å². The molecule has 3 aromatic carbocycles. The number of hydrogen-bond donors (Lipinski definition) is 1. The molecule has 1 N–H and O–H groups in total. The SMILES string of the molecule is O=C1[C@H]2[C@@H](c3ccc(O)cc3)N(c3cccc([N+](=O)[O-])c3)O[C@H]2C(=O)N1c1ccc([N+](=O)[O-])cc1. The monoisotopic (exact) mass is 476 g/mol. The number of nitro benzene ring substituents is 2. The van der Waals surface area contributed by atoms with E-state index in [2.05, 4.69) is 0 Å². The van der Waals surface area contributed by atoms with Crippen LogP contribution in [0.5, 0.6) is 5.75 Å². The number of amides is 2. The van der Waals surface area contributed by atoms with Crippen molar-refractivity contribution in [1.29, 1.82) is 0 Å². The quantitative estimate of drug-likeness (QED) is 0.332. The summed E-state index contributed by atoms with van der Waals surface area (Å²) in [4.78, 5) is 54.7. The highest BCUT2D eigenvalue weighted by Gasteiger charge is 2.60. The third-order valence-electron chi connectivity index (χ3n) is 5.96. The number of nitro groups is 2. The van der Waals surface area contributed by atoms with E-state index in [4.69, 9.17) is 4.84 Å². The Labute approximate surface area is 196 Å². The molecule has 3 atom stereocenters. The number of phenols is 1. The van der Waals surface area contributed by atoms with Gasteiger partial charge in [-0.2, -0.15) is 0 Å². The van der Waals surface area contributed by atoms with Crippen LogP contribution in [0.4, 0.5) is 22.7 Å². The zero-order valence-electron chi connectivity index (χ0n) is 17.8. The Kier molecular flexibility index (Phi) is 5.14. The van der Waals surface area contributed by atoms with Crippen molar-refractivity contribution in [3.8, 4) is 5.75 Å². The molecule has 2 amide bonds. The van der Waals surface area contributed by atoms with Crippen LogP contribution in [0.25, 0.3) is 0 Å². The van der Waals surface area contributed by atoms with Gasteiger partial charge < -0.3 is 5.11 Å². The average Bonchev–Trinajstić information content (AvgIpc) is 3.35. The first-order valence-electron chi connectivity index (χ1n) is 10.4. The van der Waals surface area contributed by atoms with Crippen molar-refractivity contribution in [1.82, 2.24) is 0 Å². The van der Waals surface area contributed by atoms with Gasteiger partial charge in [-0.15, -0.1) is 0 Å². The fourth-order valence-corrected chi connectivity index (χ4v) is 4.37. The largest absolute Gasteiger partial charge is 0.508 e. The van der Waals surface area contributed by atoms with Crippen molar-refractivity contribution in [2.24, 2.45) is 5.92 Å². The zero-order chi connectivity index (χ0) is 24.9. The van der Waals surface area contributed by atoms with Crippen molar-refractivity contribution >= 4 is 34.6 Å². The number of phenolic OH excluding ortho intramolecular Hbond substituents is 1. The predicted molar refractivity (Wildman–Crippen MR) is 120 cm³/mol. The molecule has 0 saturated carbocycles. The van der Waals surface area contributed by atoms with Gasteiger partial charge in [0.25, 0.3) is 17.3 Å². The first kappa shape index (κ1) is 22.0. The first-order valence-corrected chi connectivity index (χ1v) is 10.4. The summed E-state index contributed by atoms with van der Waals surface area (Å²) in [6.45, 7) is 0. The molecule has 2 heterocycles. The Bertz CT molecular complexity index is 1360. The van der Waals surface area contributed by atoms with Gasteiger partial charge in [0, 0.05) is 24.3 Å². The van der Waals surface area contributed by atoms with Crippen molar-refractivity contribution in [3.63, 3.8) is 0 Å². The van der Waals surface area contributed by atoms with E-state index < -0.39 is 39.7 Å². The molecule has 2 aliphatic heterocycles. The summed E-state index contributed by atoms with van der Waals surface area (Å²) in [5, 5.41) is 33.3. The summed E-state index contributed by atoms with van der Waals surface area (Å²) in [7, 11) is 0. The zero-order valence-corrected chi connectivity index (χ0v) is 17.8. The summed E-state index contributed by atoms with van der Waals surface area (Å²) in [5.41, 5.74) is 0.582. The summed E-state index contributed by atoms with van der Waals surface area (Å²) in [5.74, 6) is -2.26. The number of benzene rings is 3. The molecule has 3 aromatic rings. The van der Waals surface area contributed by atoms with Crippen LogP contribution in [-0.4, -0.2) is 32.9 Å². The fourth-order valence-electron chi connectivity index (χ4n) is 4.37. The third-order valence-corrected chi connectivity index (χ3v) is 5.96. The molecule has 0 spiro atoms. The Hall–Kier alpha value is -4.84. The molecule has 2 saturated heterocycles. The highest BCUT2D eigenvalue weighted by atomic mass is 16.7. The average molecular weight is 476 g/mol. The van der Waals surface area contributed by atoms with Crippen molar-refractivity contribution < 1.29 is 29.4 Å². The summed E-state index contributed by atoms with van der Waals surface area (Å²) in [6.07, 6.45) is -1.23. The van der Waals surface area contributed by atoms with E-state index in [0.29, 0.717) is 5.56 Å². The van der Waals surface area contributed by atoms with E-state index in [1.165, 1.54) is 59.7 Å². The van der Waals surface area contributed by atoms with E-state index in [0.717, 1.165) is 4.90 Å². The van der Waals surface area contributed by atoms with Gasteiger partial charge in [-0.1, -0.05) is 18.2 Å². The fraction of sp³-hybridized carbons (Fsp3) is 0.130. The molecule has 176 valence electrons. The van der Waals surface area contributed by atoms with Gasteiger partial charge in [0.2, 0.25) is 5.91 Å². The van der Waals surface area contributed by atoms with Crippen LogP contribution in [0.3, 0.4) is 0 Å². The Morgan fingerprint density at radius 2 is 1.46 bits per heavy atom. The lowest BCUT2D eigenvalue weighted by atomic mass is 9.90. The van der Waals surface area contributed by atoms with Gasteiger partial charge in [0.05, 0.1) is 27.3 Å². The highest BCUT2D eigenvalue weighted by Crippen LogP contribution is 2.48. The number of carbonyl (C=O) groups excluding carboxylic acids is 2. The van der Waals surface area contributed by atoms with Gasteiger partial charge in [0.15, 0.2) is 6.10 Å². The minimum Gasteiger partial charge on any atom is -0.508 e. The predicted octanol–water partition coefficient (Wildman–Crippen LogP) is 3.26. The highest BCUT2D eigenvalue weighted by molar-refractivity contribution is 6.24. The van der Waals surface area contributed by atoms with Gasteiger partial charge in [-0.25, -0.2) is 9.96 Å². The first-order chi connectivity index (χ1) is 16.8. The second-order valence-electron chi connectivity index (χ2n) is 7.98. The molecular weight excluding hydrogens is 460 g/mol. The smallest absolute Gasteiger partial charge is 0.271 e. The maximum atomic E-state index is 13.5. The van der Waals surface area contributed by atoms with Gasteiger partial charge in [-0.3, -0.25) is 34.7 Å². The molecule has 0 unspecified atom stereocenters. The summed E-state index contributed by atoms with van der Waals surface area (Å²) >= 11 is 0. The van der Waals surface area contributed by atoms with Gasteiger partial charge in [0.1, 0.15) is 11.7 Å². The molecule has 35 heavy (non-hydrogen) atoms. The minimum atomic E-state index is -1.23. The number of hydroxylamine groups is 1. The Morgan fingerprint density at radius 1 is 0.800 bits per heavy atom. The normalized spacial score (nSPS) is 21.3. The Balaban J connectivity index is 1.56. The van der Waals surface area contributed by atoms with Crippen molar-refractivity contribution in [3.05, 3.63) is 98.6 Å². The third kappa shape index (κ3) is 3.61. The van der Waals surface area contributed by atoms with E-state index >= 15 is 0 Å². The van der Waals surface area contributed by atoms with Crippen LogP contribution in [0.15, 0.2) is 72.8 Å². The molecule has 0 bridgehead atoms. The number of nitrogens with zero attached hydrogens (tertiary/aromatic N) is 4. The Morgan fingerprint density at radius 3 is 2.09 bits per heavy atom. The molecule has 12 nitrogen and oxygen atoms in total. The van der Waals surface area contributed by atoms with E-state index in [9.17, 15) is 34.9 Å². The molecule has 2 fully saturated rings. The molecule has 0 aromatic heterocycles.